The predicted molar refractivity (Wildman–Crippen MR) is 275 cm³/mol. The Kier molecular flexibility index (Phi) is 46.4. The molecule has 2 unspecified atom stereocenters. The highest BCUT2D eigenvalue weighted by atomic mass is 31.2. The number of esters is 4. The molecule has 5 atom stereocenters. The summed E-state index contributed by atoms with van der Waals surface area (Å²) in [5, 5.41) is 10.4. The minimum Gasteiger partial charge on any atom is -0.462 e. The van der Waals surface area contributed by atoms with E-state index in [1.54, 1.807) is 0 Å². The Morgan fingerprint density at radius 1 is 0.338 bits per heavy atom. The lowest BCUT2D eigenvalue weighted by Crippen LogP contribution is -2.30. The molecule has 0 rings (SSSR count). The van der Waals surface area contributed by atoms with Crippen molar-refractivity contribution >= 4 is 39.5 Å². The van der Waals surface area contributed by atoms with Crippen LogP contribution in [0.15, 0.2) is 0 Å². The van der Waals surface area contributed by atoms with E-state index in [2.05, 4.69) is 27.7 Å². The van der Waals surface area contributed by atoms with E-state index in [1.807, 2.05) is 0 Å². The lowest BCUT2D eigenvalue weighted by atomic mass is 10.1. The molecule has 0 amide bonds. The molecule has 0 aromatic heterocycles. The van der Waals surface area contributed by atoms with Gasteiger partial charge in [0.15, 0.2) is 12.2 Å². The zero-order valence-electron chi connectivity index (χ0n) is 44.7. The molecule has 0 fully saturated rings. The van der Waals surface area contributed by atoms with Crippen molar-refractivity contribution in [3.8, 4) is 0 Å². The largest absolute Gasteiger partial charge is 0.472 e. The van der Waals surface area contributed by atoms with Crippen LogP contribution in [0.25, 0.3) is 0 Å². The van der Waals surface area contributed by atoms with Crippen LogP contribution in [0.4, 0.5) is 0 Å². The summed E-state index contributed by atoms with van der Waals surface area (Å²) in [6.45, 7) is 4.67. The lowest BCUT2D eigenvalue weighted by molar-refractivity contribution is -0.161. The Balaban J connectivity index is 5.18. The Labute approximate surface area is 428 Å². The topological polar surface area (TPSA) is 237 Å². The number of phosphoric ester groups is 2. The number of phosphoric acid groups is 2. The number of hydrogen-bond acceptors (Lipinski definition) is 15. The number of rotatable bonds is 53. The fourth-order valence-corrected chi connectivity index (χ4v) is 9.09. The van der Waals surface area contributed by atoms with Gasteiger partial charge in [0.25, 0.3) is 0 Å². The number of unbranched alkanes of at least 4 members (excludes halogenated alkanes) is 27. The van der Waals surface area contributed by atoms with Crippen LogP contribution in [-0.2, 0) is 65.4 Å². The van der Waals surface area contributed by atoms with E-state index in [9.17, 15) is 43.2 Å². The maximum atomic E-state index is 12.8. The summed E-state index contributed by atoms with van der Waals surface area (Å²) in [5.74, 6) is -2.16. The number of ether oxygens (including phenoxy) is 4. The monoisotopic (exact) mass is 1060 g/mol. The van der Waals surface area contributed by atoms with Gasteiger partial charge in [-0.25, -0.2) is 9.13 Å². The standard InChI is InChI=1S/C52H100O17P2/c1-5-9-13-17-21-22-23-27-31-35-39-52(57)69-48(43-63-50(55)37-33-29-25-19-15-11-7-3)45-67-71(60,61)65-41-46(53)40-64-70(58,59)66-44-47(68-51(56)38-34-30-26-20-16-12-8-4)42-62-49(54)36-32-28-24-18-14-10-6-2/h46-48,53H,5-45H2,1-4H3,(H,58,59)(H,60,61)/t46-,47+,48+/m0/s1. The molecule has 0 saturated heterocycles. The Hall–Kier alpha value is -1.94. The highest BCUT2D eigenvalue weighted by molar-refractivity contribution is 7.47. The first-order valence-electron chi connectivity index (χ1n) is 27.8. The Morgan fingerprint density at radius 3 is 0.831 bits per heavy atom. The van der Waals surface area contributed by atoms with Crippen molar-refractivity contribution in [3.05, 3.63) is 0 Å². The zero-order chi connectivity index (χ0) is 52.7. The number of carbonyl (C=O) groups excluding carboxylic acids is 4. The molecule has 0 aromatic carbocycles. The molecular formula is C52H100O17P2. The van der Waals surface area contributed by atoms with E-state index in [1.165, 1.54) is 44.9 Å². The summed E-state index contributed by atoms with van der Waals surface area (Å²) in [6, 6.07) is 0. The molecule has 3 N–H and O–H groups in total. The van der Waals surface area contributed by atoms with Gasteiger partial charge in [-0.05, 0) is 25.7 Å². The molecule has 0 aliphatic carbocycles. The maximum Gasteiger partial charge on any atom is 0.472 e. The van der Waals surface area contributed by atoms with Crippen LogP contribution in [-0.4, -0.2) is 96.7 Å². The van der Waals surface area contributed by atoms with Gasteiger partial charge in [-0.2, -0.15) is 0 Å². The van der Waals surface area contributed by atoms with Crippen LogP contribution < -0.4 is 0 Å². The smallest absolute Gasteiger partial charge is 0.462 e. The number of carbonyl (C=O) groups is 4. The molecule has 0 aliphatic heterocycles. The SMILES string of the molecule is CCCCCCCCCCCCC(=O)O[C@H](COC(=O)CCCCCCCCC)COP(=O)(O)OC[C@@H](O)COP(=O)(O)OC[C@@H](COC(=O)CCCCCCCCC)OC(=O)CCCCCCCCC. The van der Waals surface area contributed by atoms with E-state index in [0.29, 0.717) is 25.7 Å². The Bertz CT molecular complexity index is 1400. The van der Waals surface area contributed by atoms with Gasteiger partial charge in [-0.1, -0.05) is 201 Å². The number of aliphatic hydroxyl groups excluding tert-OH is 1. The summed E-state index contributed by atoms with van der Waals surface area (Å²) in [7, 11) is -9.84. The van der Waals surface area contributed by atoms with Crippen molar-refractivity contribution in [2.45, 2.75) is 271 Å². The van der Waals surface area contributed by atoms with Crippen LogP contribution in [0.3, 0.4) is 0 Å². The summed E-state index contributed by atoms with van der Waals surface area (Å²) in [6.07, 6.45) is 28.3. The van der Waals surface area contributed by atoms with Crippen LogP contribution >= 0.6 is 15.6 Å². The lowest BCUT2D eigenvalue weighted by Gasteiger charge is -2.21. The second kappa shape index (κ2) is 47.8. The summed E-state index contributed by atoms with van der Waals surface area (Å²) in [4.78, 5) is 71.2. The molecule has 0 saturated carbocycles. The van der Waals surface area contributed by atoms with Gasteiger partial charge in [-0.3, -0.25) is 37.3 Å². The molecule has 0 bridgehead atoms. The molecule has 71 heavy (non-hydrogen) atoms. The zero-order valence-corrected chi connectivity index (χ0v) is 46.5. The molecule has 17 nitrogen and oxygen atoms in total. The van der Waals surface area contributed by atoms with Crippen molar-refractivity contribution in [2.24, 2.45) is 0 Å². The quantitative estimate of drug-likeness (QED) is 0.0222. The molecule has 19 heteroatoms. The summed E-state index contributed by atoms with van der Waals surface area (Å²) in [5.41, 5.74) is 0. The summed E-state index contributed by atoms with van der Waals surface area (Å²) >= 11 is 0. The van der Waals surface area contributed by atoms with Gasteiger partial charge >= 0.3 is 39.5 Å². The first-order valence-corrected chi connectivity index (χ1v) is 30.8. The van der Waals surface area contributed by atoms with E-state index in [4.69, 9.17) is 37.0 Å². The van der Waals surface area contributed by atoms with E-state index in [-0.39, 0.29) is 25.7 Å². The van der Waals surface area contributed by atoms with Gasteiger partial charge in [0, 0.05) is 25.7 Å². The average molecular weight is 1060 g/mol. The van der Waals surface area contributed by atoms with Gasteiger partial charge in [-0.15, -0.1) is 0 Å². The van der Waals surface area contributed by atoms with E-state index >= 15 is 0 Å². The van der Waals surface area contributed by atoms with Gasteiger partial charge in [0.05, 0.1) is 26.4 Å². The fourth-order valence-electron chi connectivity index (χ4n) is 7.51. The second-order valence-corrected chi connectivity index (χ2v) is 21.8. The van der Waals surface area contributed by atoms with Crippen molar-refractivity contribution in [1.82, 2.24) is 0 Å². The fraction of sp³-hybridized carbons (Fsp3) is 0.923. The highest BCUT2D eigenvalue weighted by Crippen LogP contribution is 2.45. The van der Waals surface area contributed by atoms with Crippen molar-refractivity contribution < 1.29 is 80.2 Å². The van der Waals surface area contributed by atoms with Crippen LogP contribution in [0.2, 0.25) is 0 Å². The van der Waals surface area contributed by atoms with Crippen molar-refractivity contribution in [2.75, 3.05) is 39.6 Å². The molecule has 0 aromatic rings. The first kappa shape index (κ1) is 69.1. The minimum atomic E-state index is -4.92. The van der Waals surface area contributed by atoms with Gasteiger partial charge in [0.1, 0.15) is 19.3 Å². The van der Waals surface area contributed by atoms with E-state index < -0.39 is 97.5 Å². The second-order valence-electron chi connectivity index (χ2n) is 18.9. The van der Waals surface area contributed by atoms with Gasteiger partial charge < -0.3 is 33.8 Å². The first-order chi connectivity index (χ1) is 34.2. The molecular weight excluding hydrogens is 959 g/mol. The maximum absolute atomic E-state index is 12.8. The highest BCUT2D eigenvalue weighted by Gasteiger charge is 2.30. The number of aliphatic hydroxyl groups is 1. The molecule has 0 aliphatic rings. The average Bonchev–Trinajstić information content (AvgIpc) is 3.34. The third-order valence-corrected chi connectivity index (χ3v) is 13.8. The molecule has 0 heterocycles. The minimum absolute atomic E-state index is 0.103. The molecule has 420 valence electrons. The molecule has 0 spiro atoms. The normalized spacial score (nSPS) is 14.5. The summed E-state index contributed by atoms with van der Waals surface area (Å²) < 4.78 is 67.2. The van der Waals surface area contributed by atoms with Gasteiger partial charge in [0.2, 0.25) is 0 Å². The van der Waals surface area contributed by atoms with Crippen molar-refractivity contribution in [3.63, 3.8) is 0 Å². The third-order valence-electron chi connectivity index (χ3n) is 11.9. The van der Waals surface area contributed by atoms with Crippen LogP contribution in [0.1, 0.15) is 252 Å². The van der Waals surface area contributed by atoms with Crippen LogP contribution in [0.5, 0.6) is 0 Å². The predicted octanol–water partition coefficient (Wildman–Crippen LogP) is 13.3. The van der Waals surface area contributed by atoms with Crippen molar-refractivity contribution in [1.29, 1.82) is 0 Å². The van der Waals surface area contributed by atoms with E-state index in [0.717, 1.165) is 128 Å². The molecule has 0 radical (unpaired) electrons. The van der Waals surface area contributed by atoms with Crippen LogP contribution in [0, 0.1) is 0 Å². The number of hydrogen-bond donors (Lipinski definition) is 3. The Morgan fingerprint density at radius 2 is 0.563 bits per heavy atom. The third kappa shape index (κ3) is 47.5.